The first-order chi connectivity index (χ1) is 18.4. The minimum absolute atomic E-state index is 0.0764. The molecule has 1 heterocycles. The minimum atomic E-state index is -0.650. The van der Waals surface area contributed by atoms with Crippen molar-refractivity contribution in [1.29, 1.82) is 0 Å². The fourth-order valence-corrected chi connectivity index (χ4v) is 4.01. The van der Waals surface area contributed by atoms with E-state index < -0.39 is 24.4 Å². The van der Waals surface area contributed by atoms with Crippen molar-refractivity contribution in [3.05, 3.63) is 94.7 Å². The van der Waals surface area contributed by atoms with Gasteiger partial charge in [0.2, 0.25) is 5.91 Å². The second-order valence-corrected chi connectivity index (χ2v) is 8.85. The fourth-order valence-electron chi connectivity index (χ4n) is 4.01. The van der Waals surface area contributed by atoms with E-state index in [0.29, 0.717) is 36.0 Å². The van der Waals surface area contributed by atoms with E-state index in [9.17, 15) is 14.4 Å². The monoisotopic (exact) mass is 513 g/mol. The predicted molar refractivity (Wildman–Crippen MR) is 146 cm³/mol. The molecule has 1 aliphatic rings. The van der Waals surface area contributed by atoms with Gasteiger partial charge in [-0.25, -0.2) is 9.69 Å². The Hall–Kier alpha value is -4.59. The van der Waals surface area contributed by atoms with Crippen LogP contribution in [0.2, 0.25) is 0 Å². The third-order valence-electron chi connectivity index (χ3n) is 6.03. The zero-order chi connectivity index (χ0) is 27.1. The van der Waals surface area contributed by atoms with Crippen molar-refractivity contribution in [2.75, 3.05) is 18.5 Å². The summed E-state index contributed by atoms with van der Waals surface area (Å²) in [5.41, 5.74) is 4.56. The van der Waals surface area contributed by atoms with Gasteiger partial charge in [0.1, 0.15) is 18.8 Å². The maximum absolute atomic E-state index is 12.9. The van der Waals surface area contributed by atoms with Crippen molar-refractivity contribution < 1.29 is 23.9 Å². The Morgan fingerprint density at radius 1 is 0.974 bits per heavy atom. The number of carbonyl (C=O) groups excluding carboxylic acids is 3. The summed E-state index contributed by atoms with van der Waals surface area (Å²) in [5.74, 6) is 0.0644. The molecule has 0 spiro atoms. The molecule has 4 rings (SSSR count). The normalized spacial score (nSPS) is 14.0. The molecule has 0 aromatic heterocycles. The molecule has 196 valence electrons. The van der Waals surface area contributed by atoms with Crippen LogP contribution < -0.4 is 20.1 Å². The van der Waals surface area contributed by atoms with Crippen molar-refractivity contribution in [2.24, 2.45) is 0 Å². The number of urea groups is 1. The Balaban J connectivity index is 1.44. The average molecular weight is 514 g/mol. The molecule has 0 radical (unpaired) electrons. The van der Waals surface area contributed by atoms with Crippen LogP contribution in [0.5, 0.6) is 11.5 Å². The summed E-state index contributed by atoms with van der Waals surface area (Å²) in [4.78, 5) is 38.9. The van der Waals surface area contributed by atoms with Crippen LogP contribution in [0.1, 0.15) is 36.1 Å². The summed E-state index contributed by atoms with van der Waals surface area (Å²) < 4.78 is 11.7. The number of nitrogens with zero attached hydrogens (tertiary/aromatic N) is 1. The van der Waals surface area contributed by atoms with Gasteiger partial charge in [-0.3, -0.25) is 9.59 Å². The smallest absolute Gasteiger partial charge is 0.329 e. The number of rotatable bonds is 10. The van der Waals surface area contributed by atoms with Crippen LogP contribution in [0.3, 0.4) is 0 Å². The molecule has 3 aromatic rings. The van der Waals surface area contributed by atoms with Gasteiger partial charge in [-0.05, 0) is 61.2 Å². The van der Waals surface area contributed by atoms with Gasteiger partial charge < -0.3 is 20.1 Å². The lowest BCUT2D eigenvalue weighted by molar-refractivity contribution is -0.127. The molecule has 0 aliphatic carbocycles. The molecule has 0 unspecified atom stereocenters. The van der Waals surface area contributed by atoms with Crippen LogP contribution in [-0.2, 0) is 22.6 Å². The number of amides is 4. The lowest BCUT2D eigenvalue weighted by atomic mass is 10.1. The number of anilines is 1. The Bertz CT molecular complexity index is 1360. The molecule has 4 amide bonds. The predicted octanol–water partition coefficient (Wildman–Crippen LogP) is 5.07. The summed E-state index contributed by atoms with van der Waals surface area (Å²) in [6, 6.07) is 20.1. The third kappa shape index (κ3) is 6.39. The third-order valence-corrected chi connectivity index (χ3v) is 6.03. The van der Waals surface area contributed by atoms with Gasteiger partial charge in [0, 0.05) is 5.69 Å². The maximum Gasteiger partial charge on any atom is 0.329 e. The van der Waals surface area contributed by atoms with E-state index in [1.807, 2.05) is 63.2 Å². The van der Waals surface area contributed by atoms with Crippen molar-refractivity contribution in [3.8, 4) is 11.5 Å². The Morgan fingerprint density at radius 2 is 1.74 bits per heavy atom. The van der Waals surface area contributed by atoms with Crippen molar-refractivity contribution in [1.82, 2.24) is 10.2 Å². The number of aryl methyl sites for hydroxylation is 2. The molecule has 0 saturated carbocycles. The minimum Gasteiger partial charge on any atom is -0.490 e. The van der Waals surface area contributed by atoms with Crippen LogP contribution in [-0.4, -0.2) is 35.9 Å². The fraction of sp³-hybridized carbons (Fsp3) is 0.233. The van der Waals surface area contributed by atoms with Gasteiger partial charge >= 0.3 is 6.03 Å². The van der Waals surface area contributed by atoms with Crippen LogP contribution in [0.25, 0.3) is 6.08 Å². The van der Waals surface area contributed by atoms with Crippen molar-refractivity contribution in [2.45, 2.75) is 33.8 Å². The molecule has 3 aromatic carbocycles. The van der Waals surface area contributed by atoms with Gasteiger partial charge in [-0.2, -0.15) is 0 Å². The maximum atomic E-state index is 12.9. The highest BCUT2D eigenvalue weighted by Crippen LogP contribution is 2.30. The van der Waals surface area contributed by atoms with Gasteiger partial charge in [0.15, 0.2) is 11.5 Å². The molecular formula is C30H31N3O5. The highest BCUT2D eigenvalue weighted by molar-refractivity contribution is 6.16. The number of para-hydroxylation sites is 1. The zero-order valence-corrected chi connectivity index (χ0v) is 21.7. The highest BCUT2D eigenvalue weighted by atomic mass is 16.5. The molecule has 1 fully saturated rings. The summed E-state index contributed by atoms with van der Waals surface area (Å²) in [5, 5.41) is 5.34. The van der Waals surface area contributed by atoms with Crippen LogP contribution in [0, 0.1) is 6.92 Å². The second kappa shape index (κ2) is 12.1. The first kappa shape index (κ1) is 26.5. The average Bonchev–Trinajstić information content (AvgIpc) is 3.16. The molecule has 0 atom stereocenters. The first-order valence-electron chi connectivity index (χ1n) is 12.6. The number of ether oxygens (including phenoxy) is 2. The number of hydrogen-bond acceptors (Lipinski definition) is 5. The van der Waals surface area contributed by atoms with Crippen LogP contribution in [0.4, 0.5) is 10.5 Å². The van der Waals surface area contributed by atoms with E-state index in [0.717, 1.165) is 22.4 Å². The summed E-state index contributed by atoms with van der Waals surface area (Å²) in [7, 11) is 0. The number of benzene rings is 3. The molecule has 8 heteroatoms. The Kier molecular flexibility index (Phi) is 8.43. The van der Waals surface area contributed by atoms with Gasteiger partial charge in [0.25, 0.3) is 5.91 Å². The van der Waals surface area contributed by atoms with Gasteiger partial charge in [-0.1, -0.05) is 61.0 Å². The Morgan fingerprint density at radius 3 is 2.47 bits per heavy atom. The van der Waals surface area contributed by atoms with E-state index in [2.05, 4.69) is 10.6 Å². The standard InChI is InChI=1S/C30H31N3O5/c1-4-23-8-6-7-9-24(23)31-28(34)18-33-29(35)25(32-30(33)36)16-22-14-15-26(27(17-22)37-5-2)38-19-21-12-10-20(3)11-13-21/h6-17H,4-5,18-19H2,1-3H3,(H,31,34)(H,32,36)/b25-16+. The van der Waals surface area contributed by atoms with Gasteiger partial charge in [-0.15, -0.1) is 0 Å². The lowest BCUT2D eigenvalue weighted by Crippen LogP contribution is -2.38. The molecule has 8 nitrogen and oxygen atoms in total. The summed E-state index contributed by atoms with van der Waals surface area (Å²) in [6.07, 6.45) is 2.29. The Labute approximate surface area is 222 Å². The van der Waals surface area contributed by atoms with E-state index in [4.69, 9.17) is 9.47 Å². The quantitative estimate of drug-likeness (QED) is 0.292. The van der Waals surface area contributed by atoms with E-state index >= 15 is 0 Å². The van der Waals surface area contributed by atoms with E-state index in [1.54, 1.807) is 30.3 Å². The molecular weight excluding hydrogens is 482 g/mol. The molecule has 1 saturated heterocycles. The molecule has 0 bridgehead atoms. The summed E-state index contributed by atoms with van der Waals surface area (Å²) in [6.45, 7) is 6.31. The summed E-state index contributed by atoms with van der Waals surface area (Å²) >= 11 is 0. The topological polar surface area (TPSA) is 97.0 Å². The number of imide groups is 1. The number of hydrogen-bond donors (Lipinski definition) is 2. The lowest BCUT2D eigenvalue weighted by Gasteiger charge is -2.14. The van der Waals surface area contributed by atoms with Crippen molar-refractivity contribution >= 4 is 29.6 Å². The number of nitrogens with one attached hydrogen (secondary N) is 2. The molecule has 1 aliphatic heterocycles. The SMILES string of the molecule is CCOc1cc(/C=C2/NC(=O)N(CC(=O)Nc3ccccc3CC)C2=O)ccc1OCc1ccc(C)cc1. The van der Waals surface area contributed by atoms with Crippen molar-refractivity contribution in [3.63, 3.8) is 0 Å². The zero-order valence-electron chi connectivity index (χ0n) is 21.7. The highest BCUT2D eigenvalue weighted by Gasteiger charge is 2.35. The molecule has 2 N–H and O–H groups in total. The van der Waals surface area contributed by atoms with Gasteiger partial charge in [0.05, 0.1) is 6.61 Å². The van der Waals surface area contributed by atoms with E-state index in [1.165, 1.54) is 5.56 Å². The molecule has 38 heavy (non-hydrogen) atoms. The second-order valence-electron chi connectivity index (χ2n) is 8.85. The van der Waals surface area contributed by atoms with Crippen LogP contribution in [0.15, 0.2) is 72.4 Å². The van der Waals surface area contributed by atoms with Crippen LogP contribution >= 0.6 is 0 Å². The largest absolute Gasteiger partial charge is 0.490 e. The number of carbonyl (C=O) groups is 3. The van der Waals surface area contributed by atoms with E-state index in [-0.39, 0.29) is 5.70 Å². The first-order valence-corrected chi connectivity index (χ1v) is 12.6.